The number of ether oxygens (including phenoxy) is 2. The Kier molecular flexibility index (Phi) is 5.68. The van der Waals surface area contributed by atoms with Crippen molar-refractivity contribution in [2.75, 3.05) is 18.5 Å². The van der Waals surface area contributed by atoms with Gasteiger partial charge in [-0.15, -0.1) is 0 Å². The summed E-state index contributed by atoms with van der Waals surface area (Å²) in [5.74, 6) is 0.320. The molecule has 0 spiro atoms. The van der Waals surface area contributed by atoms with Gasteiger partial charge in [-0.05, 0) is 26.0 Å². The third kappa shape index (κ3) is 5.32. The molecule has 0 heterocycles. The minimum Gasteiger partial charge on any atom is -0.479 e. The van der Waals surface area contributed by atoms with Gasteiger partial charge in [0.2, 0.25) is 5.91 Å². The Morgan fingerprint density at radius 1 is 1.50 bits per heavy atom. The van der Waals surface area contributed by atoms with Crippen molar-refractivity contribution in [3.05, 3.63) is 24.3 Å². The normalized spacial score (nSPS) is 9.89. The molecule has 0 atom stereocenters. The fourth-order valence-electron chi connectivity index (χ4n) is 1.22. The van der Waals surface area contributed by atoms with Crippen LogP contribution in [0.2, 0.25) is 0 Å². The molecule has 0 radical (unpaired) electrons. The molecule has 0 bridgehead atoms. The number of rotatable bonds is 6. The second-order valence-corrected chi connectivity index (χ2v) is 3.88. The van der Waals surface area contributed by atoms with Gasteiger partial charge in [-0.2, -0.15) is 5.26 Å². The van der Waals surface area contributed by atoms with Gasteiger partial charge in [0, 0.05) is 11.8 Å². The maximum Gasteiger partial charge on any atom is 0.250 e. The number of carbonyl (C=O) groups excluding carboxylic acids is 1. The van der Waals surface area contributed by atoms with Crippen LogP contribution in [0, 0.1) is 11.3 Å². The number of nitrogens with one attached hydrogen (secondary N) is 1. The molecule has 0 saturated heterocycles. The lowest BCUT2D eigenvalue weighted by atomic mass is 10.3. The number of nitriles is 1. The number of hydrogen-bond donors (Lipinski definition) is 1. The lowest BCUT2D eigenvalue weighted by Gasteiger charge is -2.09. The molecule has 0 fully saturated rings. The molecular formula is C13H16N2O3. The van der Waals surface area contributed by atoms with Crippen LogP contribution in [-0.2, 0) is 9.53 Å². The second kappa shape index (κ2) is 7.30. The van der Waals surface area contributed by atoms with E-state index in [0.29, 0.717) is 11.4 Å². The van der Waals surface area contributed by atoms with Crippen molar-refractivity contribution in [3.63, 3.8) is 0 Å². The average molecular weight is 248 g/mol. The Morgan fingerprint density at radius 2 is 2.28 bits per heavy atom. The van der Waals surface area contributed by atoms with Gasteiger partial charge in [-0.1, -0.05) is 6.07 Å². The Morgan fingerprint density at radius 3 is 2.94 bits per heavy atom. The largest absolute Gasteiger partial charge is 0.479 e. The van der Waals surface area contributed by atoms with Gasteiger partial charge in [0.1, 0.15) is 18.4 Å². The van der Waals surface area contributed by atoms with E-state index in [1.54, 1.807) is 24.3 Å². The summed E-state index contributed by atoms with van der Waals surface area (Å²) in [6, 6.07) is 8.74. The molecule has 0 aromatic heterocycles. The molecule has 1 rings (SSSR count). The summed E-state index contributed by atoms with van der Waals surface area (Å²) in [6.45, 7) is 3.72. The lowest BCUT2D eigenvalue weighted by Crippen LogP contribution is -2.20. The van der Waals surface area contributed by atoms with E-state index < -0.39 is 0 Å². The summed E-state index contributed by atoms with van der Waals surface area (Å²) in [4.78, 5) is 11.5. The maximum absolute atomic E-state index is 11.5. The van der Waals surface area contributed by atoms with Crippen LogP contribution in [-0.4, -0.2) is 25.2 Å². The molecule has 1 N–H and O–H groups in total. The first-order chi connectivity index (χ1) is 8.61. The Bertz CT molecular complexity index is 438. The number of anilines is 1. The van der Waals surface area contributed by atoms with Crippen molar-refractivity contribution >= 4 is 11.6 Å². The third-order valence-electron chi connectivity index (χ3n) is 1.97. The van der Waals surface area contributed by atoms with E-state index in [9.17, 15) is 4.79 Å². The van der Waals surface area contributed by atoms with Crippen LogP contribution < -0.4 is 10.1 Å². The number of hydrogen-bond acceptors (Lipinski definition) is 4. The first kappa shape index (κ1) is 14.0. The van der Waals surface area contributed by atoms with Gasteiger partial charge in [-0.25, -0.2) is 0 Å². The van der Waals surface area contributed by atoms with Crippen molar-refractivity contribution in [2.45, 2.75) is 20.0 Å². The highest BCUT2D eigenvalue weighted by Crippen LogP contribution is 2.17. The minimum atomic E-state index is -0.221. The van der Waals surface area contributed by atoms with Gasteiger partial charge in [0.25, 0.3) is 0 Å². The van der Waals surface area contributed by atoms with Crippen molar-refractivity contribution in [1.82, 2.24) is 0 Å². The van der Waals surface area contributed by atoms with E-state index in [0.717, 1.165) is 0 Å². The van der Waals surface area contributed by atoms with E-state index in [1.165, 1.54) is 0 Å². The smallest absolute Gasteiger partial charge is 0.250 e. The molecule has 1 amide bonds. The highest BCUT2D eigenvalue weighted by atomic mass is 16.5. The van der Waals surface area contributed by atoms with Gasteiger partial charge >= 0.3 is 0 Å². The van der Waals surface area contributed by atoms with Crippen LogP contribution in [0.1, 0.15) is 13.8 Å². The molecule has 0 aliphatic carbocycles. The van der Waals surface area contributed by atoms with Gasteiger partial charge in [-0.3, -0.25) is 4.79 Å². The molecule has 0 unspecified atom stereocenters. The molecule has 0 aliphatic rings. The standard InChI is InChI=1S/C13H16N2O3/c1-10(2)18-9-13(16)15-11-4-3-5-12(8-11)17-7-6-14/h3-5,8,10H,7,9H2,1-2H3,(H,15,16). The van der Waals surface area contributed by atoms with Crippen molar-refractivity contribution < 1.29 is 14.3 Å². The summed E-state index contributed by atoms with van der Waals surface area (Å²) >= 11 is 0. The maximum atomic E-state index is 11.5. The monoisotopic (exact) mass is 248 g/mol. The highest BCUT2D eigenvalue weighted by Gasteiger charge is 2.04. The summed E-state index contributed by atoms with van der Waals surface area (Å²) in [7, 11) is 0. The fraction of sp³-hybridized carbons (Fsp3) is 0.385. The van der Waals surface area contributed by atoms with Crippen LogP contribution in [0.5, 0.6) is 5.75 Å². The Labute approximate surface area is 106 Å². The summed E-state index contributed by atoms with van der Waals surface area (Å²) in [6.07, 6.45) is 0.0149. The lowest BCUT2D eigenvalue weighted by molar-refractivity contribution is -0.121. The van der Waals surface area contributed by atoms with Crippen LogP contribution in [0.15, 0.2) is 24.3 Å². The molecule has 0 aliphatic heterocycles. The van der Waals surface area contributed by atoms with Gasteiger partial charge in [0.05, 0.1) is 6.10 Å². The van der Waals surface area contributed by atoms with Gasteiger partial charge in [0.15, 0.2) is 6.61 Å². The van der Waals surface area contributed by atoms with Crippen LogP contribution in [0.4, 0.5) is 5.69 Å². The zero-order chi connectivity index (χ0) is 13.4. The molecule has 5 heteroatoms. The third-order valence-corrected chi connectivity index (χ3v) is 1.97. The van der Waals surface area contributed by atoms with Crippen molar-refractivity contribution in [2.24, 2.45) is 0 Å². The number of amides is 1. The molecule has 96 valence electrons. The molecule has 1 aromatic rings. The number of carbonyl (C=O) groups is 1. The van der Waals surface area contributed by atoms with Crippen LogP contribution in [0.25, 0.3) is 0 Å². The summed E-state index contributed by atoms with van der Waals surface area (Å²) < 4.78 is 10.3. The second-order valence-electron chi connectivity index (χ2n) is 3.88. The van der Waals surface area contributed by atoms with E-state index >= 15 is 0 Å². The molecular weight excluding hydrogens is 232 g/mol. The Balaban J connectivity index is 2.51. The summed E-state index contributed by atoms with van der Waals surface area (Å²) in [5.41, 5.74) is 0.614. The number of nitrogens with zero attached hydrogens (tertiary/aromatic N) is 1. The van der Waals surface area contributed by atoms with Crippen molar-refractivity contribution in [1.29, 1.82) is 5.26 Å². The van der Waals surface area contributed by atoms with Crippen molar-refractivity contribution in [3.8, 4) is 11.8 Å². The predicted octanol–water partition coefficient (Wildman–Crippen LogP) is 1.95. The molecule has 1 aromatic carbocycles. The van der Waals surface area contributed by atoms with Gasteiger partial charge < -0.3 is 14.8 Å². The van der Waals surface area contributed by atoms with Crippen LogP contribution >= 0.6 is 0 Å². The fourth-order valence-corrected chi connectivity index (χ4v) is 1.22. The van der Waals surface area contributed by atoms with E-state index in [4.69, 9.17) is 14.7 Å². The first-order valence-electron chi connectivity index (χ1n) is 5.63. The van der Waals surface area contributed by atoms with E-state index in [1.807, 2.05) is 19.9 Å². The van der Waals surface area contributed by atoms with E-state index in [2.05, 4.69) is 5.32 Å². The zero-order valence-corrected chi connectivity index (χ0v) is 10.5. The molecule has 5 nitrogen and oxygen atoms in total. The number of benzene rings is 1. The first-order valence-corrected chi connectivity index (χ1v) is 5.63. The zero-order valence-electron chi connectivity index (χ0n) is 10.5. The average Bonchev–Trinajstić information content (AvgIpc) is 2.34. The summed E-state index contributed by atoms with van der Waals surface area (Å²) in [5, 5.41) is 11.1. The highest BCUT2D eigenvalue weighted by molar-refractivity contribution is 5.91. The Hall–Kier alpha value is -2.06. The molecule has 0 saturated carbocycles. The van der Waals surface area contributed by atoms with Crippen LogP contribution in [0.3, 0.4) is 0 Å². The topological polar surface area (TPSA) is 71.3 Å². The SMILES string of the molecule is CC(C)OCC(=O)Nc1cccc(OCC#N)c1. The predicted molar refractivity (Wildman–Crippen MR) is 67.3 cm³/mol. The quantitative estimate of drug-likeness (QED) is 0.835. The van der Waals surface area contributed by atoms with E-state index in [-0.39, 0.29) is 25.2 Å². The molecule has 18 heavy (non-hydrogen) atoms. The minimum absolute atomic E-state index is 0.0148.